The summed E-state index contributed by atoms with van der Waals surface area (Å²) in [6.07, 6.45) is 12.4. The number of hydrogen-bond acceptors (Lipinski definition) is 4. The van der Waals surface area contributed by atoms with E-state index in [1.807, 2.05) is 24.3 Å². The molecule has 0 atom stereocenters. The van der Waals surface area contributed by atoms with Crippen LogP contribution in [0.3, 0.4) is 0 Å². The third kappa shape index (κ3) is 12.1. The number of carbonyl (C=O) groups excluding carboxylic acids is 1. The van der Waals surface area contributed by atoms with Gasteiger partial charge in [0, 0.05) is 0 Å². The zero-order valence-electron chi connectivity index (χ0n) is 21.7. The molecule has 0 amide bonds. The predicted octanol–water partition coefficient (Wildman–Crippen LogP) is 8.63. The second-order valence-electron chi connectivity index (χ2n) is 10.2. The molecule has 0 aliphatic rings. The van der Waals surface area contributed by atoms with E-state index in [0.29, 0.717) is 29.9 Å². The average molecular weight is 469 g/mol. The van der Waals surface area contributed by atoms with E-state index in [-0.39, 0.29) is 5.97 Å². The first-order valence-corrected chi connectivity index (χ1v) is 13.1. The van der Waals surface area contributed by atoms with Gasteiger partial charge in [-0.1, -0.05) is 72.6 Å². The van der Waals surface area contributed by atoms with Crippen molar-refractivity contribution >= 4 is 5.97 Å². The molecule has 0 radical (unpaired) electrons. The molecule has 0 aliphatic heterocycles. The fraction of sp³-hybridized carbons (Fsp3) is 0.567. The van der Waals surface area contributed by atoms with E-state index in [1.54, 1.807) is 24.3 Å². The van der Waals surface area contributed by atoms with Gasteiger partial charge in [-0.2, -0.15) is 0 Å². The van der Waals surface area contributed by atoms with E-state index in [1.165, 1.54) is 44.9 Å². The minimum Gasteiger partial charge on any atom is -0.494 e. The zero-order chi connectivity index (χ0) is 24.7. The first-order valence-electron chi connectivity index (χ1n) is 13.1. The van der Waals surface area contributed by atoms with Gasteiger partial charge in [0.25, 0.3) is 0 Å². The molecule has 2 aromatic rings. The number of carbonyl (C=O) groups is 1. The predicted molar refractivity (Wildman–Crippen MR) is 140 cm³/mol. The summed E-state index contributed by atoms with van der Waals surface area (Å²) in [6.45, 7) is 10.3. The van der Waals surface area contributed by atoms with Gasteiger partial charge in [-0.25, -0.2) is 4.79 Å². The molecular weight excluding hydrogens is 424 g/mol. The summed E-state index contributed by atoms with van der Waals surface area (Å²) >= 11 is 0. The Morgan fingerprint density at radius 1 is 0.647 bits per heavy atom. The Morgan fingerprint density at radius 3 is 1.68 bits per heavy atom. The summed E-state index contributed by atoms with van der Waals surface area (Å²) in [5, 5.41) is 0. The summed E-state index contributed by atoms with van der Waals surface area (Å²) in [6, 6.07) is 14.3. The average Bonchev–Trinajstić information content (AvgIpc) is 2.81. The zero-order valence-corrected chi connectivity index (χ0v) is 21.7. The van der Waals surface area contributed by atoms with Crippen molar-refractivity contribution in [3.63, 3.8) is 0 Å². The highest BCUT2D eigenvalue weighted by molar-refractivity contribution is 5.91. The molecule has 0 unspecified atom stereocenters. The van der Waals surface area contributed by atoms with E-state index in [0.717, 1.165) is 30.8 Å². The lowest BCUT2D eigenvalue weighted by Crippen LogP contribution is -2.09. The lowest BCUT2D eigenvalue weighted by atomic mass is 9.91. The van der Waals surface area contributed by atoms with Crippen LogP contribution in [0.5, 0.6) is 17.2 Å². The first-order chi connectivity index (χ1) is 16.4. The van der Waals surface area contributed by atoms with Crippen LogP contribution in [0.1, 0.15) is 102 Å². The summed E-state index contributed by atoms with van der Waals surface area (Å²) < 4.78 is 17.1. The molecular formula is C30H44O4. The number of esters is 1. The molecule has 2 rings (SSSR count). The van der Waals surface area contributed by atoms with Crippen molar-refractivity contribution in [3.05, 3.63) is 54.1 Å². The van der Waals surface area contributed by atoms with Crippen molar-refractivity contribution in [1.29, 1.82) is 0 Å². The second-order valence-corrected chi connectivity index (χ2v) is 10.2. The fourth-order valence-corrected chi connectivity index (χ4v) is 3.68. The Bertz CT molecular complexity index is 803. The second kappa shape index (κ2) is 15.4. The first kappa shape index (κ1) is 27.8. The highest BCUT2D eigenvalue weighted by Gasteiger charge is 2.10. The van der Waals surface area contributed by atoms with Crippen LogP contribution in [0.2, 0.25) is 0 Å². The van der Waals surface area contributed by atoms with Gasteiger partial charge in [0.2, 0.25) is 0 Å². The SMILES string of the molecule is CCCCCCCCCCOc1ccc(C(=O)Oc2ccc(OCCCC(C)(C)C)cc2)cc1. The van der Waals surface area contributed by atoms with E-state index < -0.39 is 0 Å². The lowest BCUT2D eigenvalue weighted by Gasteiger charge is -2.17. The van der Waals surface area contributed by atoms with E-state index in [9.17, 15) is 4.79 Å². The molecule has 0 aromatic heterocycles. The molecule has 4 nitrogen and oxygen atoms in total. The highest BCUT2D eigenvalue weighted by atomic mass is 16.5. The van der Waals surface area contributed by atoms with Crippen LogP contribution in [0.4, 0.5) is 0 Å². The Kier molecular flexibility index (Phi) is 12.6. The summed E-state index contributed by atoms with van der Waals surface area (Å²) in [5.41, 5.74) is 0.820. The van der Waals surface area contributed by atoms with Gasteiger partial charge in [0.05, 0.1) is 18.8 Å². The third-order valence-electron chi connectivity index (χ3n) is 5.73. The molecule has 0 saturated heterocycles. The molecule has 2 aromatic carbocycles. The van der Waals surface area contributed by atoms with E-state index >= 15 is 0 Å². The number of ether oxygens (including phenoxy) is 3. The third-order valence-corrected chi connectivity index (χ3v) is 5.73. The minimum atomic E-state index is -0.381. The van der Waals surface area contributed by atoms with Gasteiger partial charge in [-0.3, -0.25) is 0 Å². The number of unbranched alkanes of at least 4 members (excludes halogenated alkanes) is 7. The van der Waals surface area contributed by atoms with Crippen LogP contribution in [0, 0.1) is 5.41 Å². The molecule has 0 saturated carbocycles. The molecule has 0 aliphatic carbocycles. The highest BCUT2D eigenvalue weighted by Crippen LogP contribution is 2.22. The Balaban J connectivity index is 1.65. The summed E-state index contributed by atoms with van der Waals surface area (Å²) in [7, 11) is 0. The normalized spacial score (nSPS) is 11.3. The number of hydrogen-bond donors (Lipinski definition) is 0. The molecule has 0 spiro atoms. The van der Waals surface area contributed by atoms with Crippen LogP contribution in [0.15, 0.2) is 48.5 Å². The van der Waals surface area contributed by atoms with E-state index in [4.69, 9.17) is 14.2 Å². The standard InChI is InChI=1S/C30H44O4/c1-5-6-7-8-9-10-11-12-23-32-26-16-14-25(15-17-26)29(31)34-28-20-18-27(19-21-28)33-24-13-22-30(2,3)4/h14-21H,5-13,22-24H2,1-4H3. The largest absolute Gasteiger partial charge is 0.494 e. The number of benzene rings is 2. The molecule has 0 fully saturated rings. The van der Waals surface area contributed by atoms with E-state index in [2.05, 4.69) is 27.7 Å². The maximum atomic E-state index is 12.4. The van der Waals surface area contributed by atoms with Gasteiger partial charge in [-0.15, -0.1) is 0 Å². The summed E-state index contributed by atoms with van der Waals surface area (Å²) in [4.78, 5) is 12.4. The van der Waals surface area contributed by atoms with Crippen LogP contribution >= 0.6 is 0 Å². The van der Waals surface area contributed by atoms with Crippen molar-refractivity contribution < 1.29 is 19.0 Å². The molecule has 0 N–H and O–H groups in total. The van der Waals surface area contributed by atoms with Crippen LogP contribution < -0.4 is 14.2 Å². The van der Waals surface area contributed by atoms with Gasteiger partial charge in [0.1, 0.15) is 17.2 Å². The fourth-order valence-electron chi connectivity index (χ4n) is 3.68. The molecule has 188 valence electrons. The quantitative estimate of drug-likeness (QED) is 0.140. The molecule has 4 heteroatoms. The Morgan fingerprint density at radius 2 is 1.12 bits per heavy atom. The van der Waals surface area contributed by atoms with Crippen molar-refractivity contribution in [3.8, 4) is 17.2 Å². The monoisotopic (exact) mass is 468 g/mol. The summed E-state index contributed by atoms with van der Waals surface area (Å²) in [5.74, 6) is 1.69. The van der Waals surface area contributed by atoms with Crippen molar-refractivity contribution in [2.45, 2.75) is 91.9 Å². The van der Waals surface area contributed by atoms with Gasteiger partial charge in [-0.05, 0) is 73.2 Å². The lowest BCUT2D eigenvalue weighted by molar-refractivity contribution is 0.0734. The Labute approximate surface area is 207 Å². The van der Waals surface area contributed by atoms with Gasteiger partial charge >= 0.3 is 5.97 Å². The molecule has 0 bridgehead atoms. The van der Waals surface area contributed by atoms with Crippen molar-refractivity contribution in [2.24, 2.45) is 5.41 Å². The number of rotatable bonds is 16. The van der Waals surface area contributed by atoms with Crippen LogP contribution in [-0.2, 0) is 0 Å². The maximum Gasteiger partial charge on any atom is 0.343 e. The minimum absolute atomic E-state index is 0.318. The topological polar surface area (TPSA) is 44.8 Å². The van der Waals surface area contributed by atoms with Crippen LogP contribution in [-0.4, -0.2) is 19.2 Å². The van der Waals surface area contributed by atoms with Crippen LogP contribution in [0.25, 0.3) is 0 Å². The van der Waals surface area contributed by atoms with Gasteiger partial charge in [0.15, 0.2) is 0 Å². The van der Waals surface area contributed by atoms with Crippen molar-refractivity contribution in [2.75, 3.05) is 13.2 Å². The smallest absolute Gasteiger partial charge is 0.343 e. The molecule has 0 heterocycles. The Hall–Kier alpha value is -2.49. The maximum absolute atomic E-state index is 12.4. The van der Waals surface area contributed by atoms with Gasteiger partial charge < -0.3 is 14.2 Å². The molecule has 34 heavy (non-hydrogen) atoms. The van der Waals surface area contributed by atoms with Crippen molar-refractivity contribution in [1.82, 2.24) is 0 Å².